The van der Waals surface area contributed by atoms with E-state index in [1.54, 1.807) is 7.11 Å². The molecule has 1 fully saturated rings. The second kappa shape index (κ2) is 19.7. The van der Waals surface area contributed by atoms with E-state index in [1.165, 1.54) is 18.5 Å². The van der Waals surface area contributed by atoms with Gasteiger partial charge < -0.3 is 25.2 Å². The molecule has 2 aromatic carbocycles. The summed E-state index contributed by atoms with van der Waals surface area (Å²) in [7, 11) is 6.11. The number of likely N-dealkylation sites (tertiary alicyclic amines) is 1. The lowest BCUT2D eigenvalue weighted by Crippen LogP contribution is -2.37. The van der Waals surface area contributed by atoms with Crippen molar-refractivity contribution in [3.8, 4) is 16.9 Å². The van der Waals surface area contributed by atoms with Crippen molar-refractivity contribution >= 4 is 17.8 Å². The molecule has 13 heteroatoms. The molecule has 1 unspecified atom stereocenters. The Labute approximate surface area is 269 Å². The van der Waals surface area contributed by atoms with Crippen molar-refractivity contribution in [2.45, 2.75) is 64.2 Å². The monoisotopic (exact) mass is 651 g/mol. The Balaban J connectivity index is 0.000000942. The molecule has 0 saturated carbocycles. The number of ether oxygens (including phenoxy) is 2. The number of nitrogens with two attached hydrogens (primary N) is 1. The number of halogens is 3. The van der Waals surface area contributed by atoms with Crippen molar-refractivity contribution in [2.24, 2.45) is 10.7 Å². The summed E-state index contributed by atoms with van der Waals surface area (Å²) in [6, 6.07) is 15.6. The Kier molecular flexibility index (Phi) is 16.5. The average Bonchev–Trinajstić information content (AvgIpc) is 3.45. The number of rotatable bonds is 15. The number of methoxy groups -OCH3 is 1. The SMILES string of the molecule is CCCCN=C(N)NC(=O)CCc1ccc(-c2ccc(CN(C)C3CCN(C)C3)cc2)c(OCCCOC)c1.O=C(O)C(F)(F)F. The fraction of sp³-hybridized carbons (Fsp3) is 0.545. The number of aliphatic carboxylic acids is 1. The minimum atomic E-state index is -5.08. The van der Waals surface area contributed by atoms with Crippen LogP contribution in [0, 0.1) is 0 Å². The Morgan fingerprint density at radius 2 is 1.80 bits per heavy atom. The summed E-state index contributed by atoms with van der Waals surface area (Å²) >= 11 is 0. The first-order valence-corrected chi connectivity index (χ1v) is 15.5. The summed E-state index contributed by atoms with van der Waals surface area (Å²) in [5.41, 5.74) is 10.3. The van der Waals surface area contributed by atoms with Gasteiger partial charge in [0.25, 0.3) is 0 Å². The Morgan fingerprint density at radius 1 is 1.13 bits per heavy atom. The van der Waals surface area contributed by atoms with E-state index < -0.39 is 12.1 Å². The molecular weight excluding hydrogens is 603 g/mol. The molecule has 0 bridgehead atoms. The van der Waals surface area contributed by atoms with E-state index in [0.717, 1.165) is 54.8 Å². The number of hydrogen-bond acceptors (Lipinski definition) is 7. The van der Waals surface area contributed by atoms with Gasteiger partial charge in [-0.05, 0) is 62.7 Å². The Hall–Kier alpha value is -3.68. The van der Waals surface area contributed by atoms with Crippen molar-refractivity contribution in [1.29, 1.82) is 0 Å². The van der Waals surface area contributed by atoms with Crippen LogP contribution in [0.15, 0.2) is 47.5 Å². The number of nitrogens with zero attached hydrogens (tertiary/aromatic N) is 3. The standard InChI is InChI=1S/C31H47N5O3.C2HF3O2/c1-5-6-17-33-31(32)34-30(37)15-11-24-10-14-28(29(21-24)39-20-7-19-38-4)26-12-8-25(9-13-26)22-36(3)27-16-18-35(2)23-27;3-2(4,5)1(6)7/h8-10,12-14,21,27H,5-7,11,15-20,22-23H2,1-4H3,(H3,32,33,34,37);(H,6,7). The molecule has 3 rings (SSSR count). The summed E-state index contributed by atoms with van der Waals surface area (Å²) < 4.78 is 43.1. The number of hydrogen-bond donors (Lipinski definition) is 3. The molecule has 1 heterocycles. The van der Waals surface area contributed by atoms with Gasteiger partial charge in [0.1, 0.15) is 5.75 Å². The van der Waals surface area contributed by atoms with Gasteiger partial charge in [0, 0.05) is 57.8 Å². The predicted octanol–water partition coefficient (Wildman–Crippen LogP) is 4.70. The lowest BCUT2D eigenvalue weighted by Gasteiger charge is -2.24. The van der Waals surface area contributed by atoms with Crippen LogP contribution in [-0.2, 0) is 27.3 Å². The van der Waals surface area contributed by atoms with Gasteiger partial charge >= 0.3 is 12.1 Å². The molecule has 1 aliphatic rings. The number of carbonyl (C=O) groups excluding carboxylic acids is 1. The lowest BCUT2D eigenvalue weighted by atomic mass is 9.99. The summed E-state index contributed by atoms with van der Waals surface area (Å²) in [4.78, 5) is 30.3. The molecule has 1 aliphatic heterocycles. The molecule has 0 aliphatic carbocycles. The molecule has 256 valence electrons. The van der Waals surface area contributed by atoms with E-state index in [0.29, 0.717) is 38.6 Å². The van der Waals surface area contributed by atoms with Gasteiger partial charge in [-0.2, -0.15) is 13.2 Å². The maximum absolute atomic E-state index is 12.4. The van der Waals surface area contributed by atoms with Crippen LogP contribution in [0.2, 0.25) is 0 Å². The summed E-state index contributed by atoms with van der Waals surface area (Å²) in [6.07, 6.45) is -0.149. The number of guanidine groups is 1. The summed E-state index contributed by atoms with van der Waals surface area (Å²) in [6.45, 7) is 7.17. The van der Waals surface area contributed by atoms with Crippen molar-refractivity contribution in [1.82, 2.24) is 15.1 Å². The molecule has 1 atom stereocenters. The number of benzene rings is 2. The fourth-order valence-electron chi connectivity index (χ4n) is 4.80. The second-order valence-corrected chi connectivity index (χ2v) is 11.3. The van der Waals surface area contributed by atoms with Crippen LogP contribution < -0.4 is 15.8 Å². The maximum atomic E-state index is 12.4. The van der Waals surface area contributed by atoms with Crippen LogP contribution >= 0.6 is 0 Å². The van der Waals surface area contributed by atoms with Gasteiger partial charge in [-0.3, -0.25) is 20.0 Å². The highest BCUT2D eigenvalue weighted by Gasteiger charge is 2.38. The number of carbonyl (C=O) groups is 2. The first-order valence-electron chi connectivity index (χ1n) is 15.5. The molecule has 4 N–H and O–H groups in total. The number of carboxylic acid groups (broad SMARTS) is 1. The second-order valence-electron chi connectivity index (χ2n) is 11.3. The zero-order valence-electron chi connectivity index (χ0n) is 27.2. The molecule has 1 amide bonds. The van der Waals surface area contributed by atoms with Crippen LogP contribution in [0.1, 0.15) is 50.2 Å². The van der Waals surface area contributed by atoms with Crippen LogP contribution in [0.5, 0.6) is 5.75 Å². The molecular formula is C33H48F3N5O5. The third-order valence-electron chi connectivity index (χ3n) is 7.43. The number of aryl methyl sites for hydroxylation is 1. The zero-order chi connectivity index (χ0) is 34.1. The quantitative estimate of drug-likeness (QED) is 0.144. The molecule has 0 aromatic heterocycles. The third kappa shape index (κ3) is 14.2. The molecule has 10 nitrogen and oxygen atoms in total. The van der Waals surface area contributed by atoms with Crippen LogP contribution in [-0.4, -0.2) is 99.0 Å². The Bertz CT molecular complexity index is 1260. The smallest absolute Gasteiger partial charge is 0.490 e. The van der Waals surface area contributed by atoms with Gasteiger partial charge in [-0.15, -0.1) is 0 Å². The number of amides is 1. The van der Waals surface area contributed by atoms with Gasteiger partial charge in [-0.1, -0.05) is 49.7 Å². The number of alkyl halides is 3. The zero-order valence-corrected chi connectivity index (χ0v) is 27.2. The average molecular weight is 652 g/mol. The van der Waals surface area contributed by atoms with Gasteiger partial charge in [0.15, 0.2) is 5.96 Å². The van der Waals surface area contributed by atoms with Crippen molar-refractivity contribution in [3.05, 3.63) is 53.6 Å². The molecule has 0 radical (unpaired) electrons. The molecule has 46 heavy (non-hydrogen) atoms. The van der Waals surface area contributed by atoms with Gasteiger partial charge in [-0.25, -0.2) is 4.79 Å². The first kappa shape index (κ1) is 38.5. The van der Waals surface area contributed by atoms with Crippen molar-refractivity contribution in [3.63, 3.8) is 0 Å². The predicted molar refractivity (Wildman–Crippen MR) is 173 cm³/mol. The van der Waals surface area contributed by atoms with E-state index in [-0.39, 0.29) is 11.9 Å². The largest absolute Gasteiger partial charge is 0.493 e. The number of unbranched alkanes of at least 4 members (excludes halogenated alkanes) is 1. The highest BCUT2D eigenvalue weighted by Crippen LogP contribution is 2.32. The van der Waals surface area contributed by atoms with Crippen molar-refractivity contribution < 1.29 is 37.3 Å². The minimum Gasteiger partial charge on any atom is -0.493 e. The lowest BCUT2D eigenvalue weighted by molar-refractivity contribution is -0.192. The first-order chi connectivity index (χ1) is 21.8. The van der Waals surface area contributed by atoms with E-state index >= 15 is 0 Å². The third-order valence-corrected chi connectivity index (χ3v) is 7.43. The number of aliphatic imine (C=N–C) groups is 1. The number of likely N-dealkylation sites (N-methyl/N-ethyl adjacent to an activating group) is 2. The molecule has 1 saturated heterocycles. The highest BCUT2D eigenvalue weighted by molar-refractivity contribution is 5.96. The van der Waals surface area contributed by atoms with E-state index in [1.807, 2.05) is 6.07 Å². The summed E-state index contributed by atoms with van der Waals surface area (Å²) in [5, 5.41) is 9.81. The van der Waals surface area contributed by atoms with E-state index in [4.69, 9.17) is 25.1 Å². The fourth-order valence-corrected chi connectivity index (χ4v) is 4.80. The Morgan fingerprint density at radius 3 is 2.39 bits per heavy atom. The molecule has 0 spiro atoms. The highest BCUT2D eigenvalue weighted by atomic mass is 19.4. The minimum absolute atomic E-state index is 0.135. The van der Waals surface area contributed by atoms with Gasteiger partial charge in [0.05, 0.1) is 6.61 Å². The number of nitrogens with one attached hydrogen (secondary N) is 1. The summed E-state index contributed by atoms with van der Waals surface area (Å²) in [5.74, 6) is -1.88. The number of carboxylic acids is 1. The van der Waals surface area contributed by atoms with Crippen LogP contribution in [0.4, 0.5) is 13.2 Å². The van der Waals surface area contributed by atoms with Crippen molar-refractivity contribution in [2.75, 3.05) is 54.1 Å². The van der Waals surface area contributed by atoms with E-state index in [2.05, 4.69) is 77.5 Å². The molecule has 2 aromatic rings. The van der Waals surface area contributed by atoms with E-state index in [9.17, 15) is 18.0 Å². The maximum Gasteiger partial charge on any atom is 0.490 e. The normalized spacial score (nSPS) is 15.4. The van der Waals surface area contributed by atoms with Crippen LogP contribution in [0.25, 0.3) is 11.1 Å². The topological polar surface area (TPSA) is 130 Å². The van der Waals surface area contributed by atoms with Crippen LogP contribution in [0.3, 0.4) is 0 Å². The van der Waals surface area contributed by atoms with Gasteiger partial charge in [0.2, 0.25) is 5.91 Å².